The Hall–Kier alpha value is -3.22. The number of carbonyl (C=O) groups is 2. The van der Waals surface area contributed by atoms with Crippen molar-refractivity contribution < 1.29 is 19.9 Å². The van der Waals surface area contributed by atoms with Gasteiger partial charge in [0.2, 0.25) is 0 Å². The van der Waals surface area contributed by atoms with Gasteiger partial charge in [-0.15, -0.1) is 0 Å². The van der Waals surface area contributed by atoms with Gasteiger partial charge >= 0.3 is 0 Å². The topological polar surface area (TPSA) is 123 Å². The minimum atomic E-state index is -1.26. The zero-order valence-corrected chi connectivity index (χ0v) is 18.6. The average Bonchev–Trinajstić information content (AvgIpc) is 3.35. The highest BCUT2D eigenvalue weighted by atomic mass is 16.5. The van der Waals surface area contributed by atoms with Crippen LogP contribution in [0.1, 0.15) is 54.2 Å². The molecule has 0 saturated carbocycles. The number of hydrogen-bond acceptors (Lipinski definition) is 6. The highest BCUT2D eigenvalue weighted by Crippen LogP contribution is 2.08. The Kier molecular flexibility index (Phi) is 10.7. The second kappa shape index (κ2) is 13.5. The van der Waals surface area contributed by atoms with Crippen LogP contribution in [0.4, 0.5) is 0 Å². The van der Waals surface area contributed by atoms with E-state index in [-0.39, 0.29) is 7.43 Å². The van der Waals surface area contributed by atoms with Gasteiger partial charge in [-0.25, -0.2) is 5.48 Å². The molecule has 2 aromatic carbocycles. The van der Waals surface area contributed by atoms with Crippen LogP contribution in [0.2, 0.25) is 0 Å². The first-order valence-electron chi connectivity index (χ1n) is 11.0. The summed E-state index contributed by atoms with van der Waals surface area (Å²) >= 11 is 0. The van der Waals surface area contributed by atoms with E-state index in [4.69, 9.17) is 5.21 Å². The standard InChI is InChI=1S/C25H30N4O4.CH4/c1-17(30)23(25(32)29-33)28-24(31)21-12-10-19(11-13-21)5-4-18-6-8-20(9-7-18)15-26-16-22-3-2-14-27-22;/h6-13,17,22-23,26-27,30,33H,2-3,14-16H2,1H3,(H,28,31)(H,29,32);1H4/t17-,22+,23+;/m1./s1. The Balaban J connectivity index is 0.00000408. The summed E-state index contributed by atoms with van der Waals surface area (Å²) in [5, 5.41) is 27.7. The summed E-state index contributed by atoms with van der Waals surface area (Å²) in [4.78, 5) is 23.9. The third-order valence-electron chi connectivity index (χ3n) is 5.50. The van der Waals surface area contributed by atoms with Crippen LogP contribution in [-0.2, 0) is 11.3 Å². The fourth-order valence-corrected chi connectivity index (χ4v) is 3.58. The quantitative estimate of drug-likeness (QED) is 0.199. The normalized spacial score (nSPS) is 16.4. The van der Waals surface area contributed by atoms with Gasteiger partial charge in [0.15, 0.2) is 0 Å². The van der Waals surface area contributed by atoms with E-state index in [0.29, 0.717) is 11.6 Å². The van der Waals surface area contributed by atoms with Crippen molar-refractivity contribution in [1.29, 1.82) is 0 Å². The lowest BCUT2D eigenvalue weighted by Crippen LogP contribution is -2.51. The van der Waals surface area contributed by atoms with Gasteiger partial charge in [0.05, 0.1) is 6.10 Å². The van der Waals surface area contributed by atoms with Crippen LogP contribution in [0.3, 0.4) is 0 Å². The first-order chi connectivity index (χ1) is 16.0. The zero-order chi connectivity index (χ0) is 23.6. The molecule has 8 heteroatoms. The van der Waals surface area contributed by atoms with Crippen LogP contribution >= 0.6 is 0 Å². The highest BCUT2D eigenvalue weighted by Gasteiger charge is 2.25. The monoisotopic (exact) mass is 466 g/mol. The molecule has 1 aliphatic heterocycles. The first kappa shape index (κ1) is 27.0. The molecule has 3 rings (SSSR count). The second-order valence-electron chi connectivity index (χ2n) is 8.12. The minimum absolute atomic E-state index is 0. The molecule has 0 aliphatic carbocycles. The summed E-state index contributed by atoms with van der Waals surface area (Å²) in [5.41, 5.74) is 4.58. The van der Waals surface area contributed by atoms with Gasteiger partial charge in [0.1, 0.15) is 6.04 Å². The zero-order valence-electron chi connectivity index (χ0n) is 18.6. The molecule has 1 fully saturated rings. The largest absolute Gasteiger partial charge is 0.391 e. The molecule has 6 N–H and O–H groups in total. The smallest absolute Gasteiger partial charge is 0.268 e. The molecule has 0 unspecified atom stereocenters. The molecule has 0 aromatic heterocycles. The van der Waals surface area contributed by atoms with E-state index in [9.17, 15) is 14.7 Å². The van der Waals surface area contributed by atoms with Crippen LogP contribution in [-0.4, -0.2) is 53.4 Å². The molecule has 0 bridgehead atoms. The van der Waals surface area contributed by atoms with Crippen LogP contribution < -0.4 is 21.4 Å². The van der Waals surface area contributed by atoms with Crippen molar-refractivity contribution in [1.82, 2.24) is 21.4 Å². The number of carbonyl (C=O) groups excluding carboxylic acids is 2. The van der Waals surface area contributed by atoms with Crippen molar-refractivity contribution in [3.63, 3.8) is 0 Å². The molecule has 8 nitrogen and oxygen atoms in total. The molecular weight excluding hydrogens is 432 g/mol. The van der Waals surface area contributed by atoms with E-state index >= 15 is 0 Å². The predicted octanol–water partition coefficient (Wildman–Crippen LogP) is 1.55. The number of benzene rings is 2. The van der Waals surface area contributed by atoms with Crippen molar-refractivity contribution in [2.45, 2.75) is 51.9 Å². The van der Waals surface area contributed by atoms with E-state index in [1.165, 1.54) is 30.8 Å². The number of aliphatic hydroxyl groups excluding tert-OH is 1. The van der Waals surface area contributed by atoms with Gasteiger partial charge in [-0.3, -0.25) is 14.8 Å². The summed E-state index contributed by atoms with van der Waals surface area (Å²) in [5.74, 6) is 4.74. The number of nitrogens with one attached hydrogen (secondary N) is 4. The molecule has 0 radical (unpaired) electrons. The van der Waals surface area contributed by atoms with Crippen molar-refractivity contribution in [2.75, 3.05) is 13.1 Å². The molecule has 1 aliphatic rings. The minimum Gasteiger partial charge on any atom is -0.391 e. The first-order valence-corrected chi connectivity index (χ1v) is 11.0. The van der Waals surface area contributed by atoms with E-state index in [2.05, 4.69) is 39.9 Å². The number of amides is 2. The van der Waals surface area contributed by atoms with Crippen molar-refractivity contribution in [2.24, 2.45) is 0 Å². The molecule has 34 heavy (non-hydrogen) atoms. The van der Waals surface area contributed by atoms with E-state index in [1.807, 2.05) is 12.1 Å². The van der Waals surface area contributed by atoms with Gasteiger partial charge in [-0.2, -0.15) is 0 Å². The van der Waals surface area contributed by atoms with Crippen molar-refractivity contribution in [3.8, 4) is 11.8 Å². The molecule has 2 amide bonds. The fraction of sp³-hybridized carbons (Fsp3) is 0.385. The molecule has 1 saturated heterocycles. The lowest BCUT2D eigenvalue weighted by Gasteiger charge is -2.19. The fourth-order valence-electron chi connectivity index (χ4n) is 3.58. The maximum Gasteiger partial charge on any atom is 0.268 e. The lowest BCUT2D eigenvalue weighted by molar-refractivity contribution is -0.133. The summed E-state index contributed by atoms with van der Waals surface area (Å²) in [7, 11) is 0. The van der Waals surface area contributed by atoms with E-state index in [0.717, 1.165) is 30.8 Å². The van der Waals surface area contributed by atoms with Crippen LogP contribution in [0.25, 0.3) is 0 Å². The van der Waals surface area contributed by atoms with Crippen LogP contribution in [0.15, 0.2) is 48.5 Å². The van der Waals surface area contributed by atoms with E-state index < -0.39 is 24.0 Å². The Morgan fingerprint density at radius 2 is 1.71 bits per heavy atom. The summed E-state index contributed by atoms with van der Waals surface area (Å²) in [6.07, 6.45) is 1.32. The third-order valence-corrected chi connectivity index (χ3v) is 5.50. The van der Waals surface area contributed by atoms with Gasteiger partial charge in [0, 0.05) is 35.8 Å². The number of hydroxylamine groups is 1. The van der Waals surface area contributed by atoms with Crippen LogP contribution in [0.5, 0.6) is 0 Å². The lowest BCUT2D eigenvalue weighted by atomic mass is 10.1. The average molecular weight is 467 g/mol. The maximum absolute atomic E-state index is 12.3. The molecule has 182 valence electrons. The number of hydrogen-bond donors (Lipinski definition) is 6. The van der Waals surface area contributed by atoms with Crippen molar-refractivity contribution >= 4 is 11.8 Å². The maximum atomic E-state index is 12.3. The van der Waals surface area contributed by atoms with Crippen molar-refractivity contribution in [3.05, 3.63) is 70.8 Å². The Labute approximate surface area is 201 Å². The van der Waals surface area contributed by atoms with Gasteiger partial charge < -0.3 is 21.1 Å². The summed E-state index contributed by atoms with van der Waals surface area (Å²) in [6, 6.07) is 14.0. The Bertz CT molecular complexity index is 988. The van der Waals surface area contributed by atoms with Gasteiger partial charge in [0.25, 0.3) is 11.8 Å². The molecule has 0 spiro atoms. The Morgan fingerprint density at radius 1 is 1.09 bits per heavy atom. The third kappa shape index (κ3) is 7.97. The predicted molar refractivity (Wildman–Crippen MR) is 131 cm³/mol. The van der Waals surface area contributed by atoms with Gasteiger partial charge in [-0.1, -0.05) is 31.4 Å². The number of aliphatic hydroxyl groups is 1. The molecule has 3 atom stereocenters. The molecule has 2 aromatic rings. The van der Waals surface area contributed by atoms with Crippen LogP contribution in [0, 0.1) is 11.8 Å². The number of rotatable bonds is 8. The Morgan fingerprint density at radius 3 is 2.24 bits per heavy atom. The van der Waals surface area contributed by atoms with E-state index in [1.54, 1.807) is 24.3 Å². The SMILES string of the molecule is C.C[C@@H](O)[C@H](NC(=O)c1ccc(C#Cc2ccc(CNC[C@@H]3CCCN3)cc2)cc1)C(=O)NO. The molecule has 1 heterocycles. The highest BCUT2D eigenvalue weighted by molar-refractivity contribution is 5.97. The van der Waals surface area contributed by atoms with Gasteiger partial charge in [-0.05, 0) is 68.3 Å². The molecular formula is C26H34N4O4. The summed E-state index contributed by atoms with van der Waals surface area (Å²) < 4.78 is 0. The second-order valence-corrected chi connectivity index (χ2v) is 8.12. The summed E-state index contributed by atoms with van der Waals surface area (Å²) in [6.45, 7) is 4.26.